The van der Waals surface area contributed by atoms with Gasteiger partial charge in [0.25, 0.3) is 5.91 Å². The van der Waals surface area contributed by atoms with E-state index in [1.807, 2.05) is 49.4 Å². The molecule has 0 saturated heterocycles. The normalized spacial score (nSPS) is 12.2. The number of amides is 2. The van der Waals surface area contributed by atoms with E-state index < -0.39 is 6.04 Å². The number of carbonyl (C=O) groups is 2. The summed E-state index contributed by atoms with van der Waals surface area (Å²) in [6.07, 6.45) is 0.481. The van der Waals surface area contributed by atoms with Crippen LogP contribution >= 0.6 is 11.6 Å². The van der Waals surface area contributed by atoms with Crippen molar-refractivity contribution in [2.45, 2.75) is 52.1 Å². The number of benzene rings is 2. The quantitative estimate of drug-likeness (QED) is 0.667. The van der Waals surface area contributed by atoms with E-state index in [1.54, 1.807) is 18.0 Å². The highest BCUT2D eigenvalue weighted by Gasteiger charge is 2.29. The molecule has 2 aromatic rings. The molecule has 0 aliphatic rings. The summed E-state index contributed by atoms with van der Waals surface area (Å²) in [5.41, 5.74) is 1.68. The third kappa shape index (κ3) is 5.99. The predicted molar refractivity (Wildman–Crippen MR) is 121 cm³/mol. The molecule has 0 fully saturated rings. The van der Waals surface area contributed by atoms with E-state index in [-0.39, 0.29) is 30.4 Å². The molecule has 0 aliphatic carbocycles. The largest absolute Gasteiger partial charge is 0.483 e. The van der Waals surface area contributed by atoms with E-state index in [2.05, 4.69) is 26.1 Å². The van der Waals surface area contributed by atoms with Gasteiger partial charge in [-0.2, -0.15) is 0 Å². The maximum atomic E-state index is 13.2. The summed E-state index contributed by atoms with van der Waals surface area (Å²) in [6.45, 7) is 8.24. The summed E-state index contributed by atoms with van der Waals surface area (Å²) in [6, 6.07) is 14.4. The minimum Gasteiger partial charge on any atom is -0.483 e. The highest BCUT2D eigenvalue weighted by atomic mass is 35.5. The summed E-state index contributed by atoms with van der Waals surface area (Å²) >= 11 is 6.31. The number of hydrogen-bond acceptors (Lipinski definition) is 3. The molecule has 0 aromatic heterocycles. The number of nitrogens with zero attached hydrogens (tertiary/aromatic N) is 1. The van der Waals surface area contributed by atoms with Gasteiger partial charge in [0.15, 0.2) is 6.61 Å². The first-order valence-electron chi connectivity index (χ1n) is 10.2. The Morgan fingerprint density at radius 1 is 1.10 bits per heavy atom. The van der Waals surface area contributed by atoms with E-state index in [1.165, 1.54) is 0 Å². The fourth-order valence-electron chi connectivity index (χ4n) is 3.33. The first-order valence-corrected chi connectivity index (χ1v) is 10.5. The number of ether oxygens (including phenoxy) is 1. The summed E-state index contributed by atoms with van der Waals surface area (Å²) < 4.78 is 5.93. The van der Waals surface area contributed by atoms with E-state index in [0.29, 0.717) is 17.2 Å². The van der Waals surface area contributed by atoms with Crippen LogP contribution in [0, 0.1) is 0 Å². The van der Waals surface area contributed by atoms with Crippen LogP contribution in [-0.4, -0.2) is 36.4 Å². The Morgan fingerprint density at radius 3 is 2.33 bits per heavy atom. The Bertz CT molecular complexity index is 877. The molecule has 1 unspecified atom stereocenters. The molecule has 0 bridgehead atoms. The lowest BCUT2D eigenvalue weighted by Gasteiger charge is -2.31. The van der Waals surface area contributed by atoms with Gasteiger partial charge in [-0.25, -0.2) is 0 Å². The molecular formula is C24H31ClN2O3. The fourth-order valence-corrected chi connectivity index (χ4v) is 3.53. The maximum Gasteiger partial charge on any atom is 0.261 e. The van der Waals surface area contributed by atoms with Crippen LogP contribution < -0.4 is 10.1 Å². The molecule has 0 radical (unpaired) electrons. The Morgan fingerprint density at radius 2 is 1.73 bits per heavy atom. The lowest BCUT2D eigenvalue weighted by Crippen LogP contribution is -2.49. The van der Waals surface area contributed by atoms with Crippen LogP contribution in [0.3, 0.4) is 0 Å². The Balaban J connectivity index is 2.27. The molecule has 1 N–H and O–H groups in total. The highest BCUT2D eigenvalue weighted by Crippen LogP contribution is 2.31. The van der Waals surface area contributed by atoms with Gasteiger partial charge in [-0.05, 0) is 35.1 Å². The number of hydrogen-bond donors (Lipinski definition) is 1. The molecule has 0 aliphatic heterocycles. The topological polar surface area (TPSA) is 58.6 Å². The average Bonchev–Trinajstić information content (AvgIpc) is 2.72. The molecule has 5 nitrogen and oxygen atoms in total. The minimum atomic E-state index is -0.611. The summed E-state index contributed by atoms with van der Waals surface area (Å²) in [7, 11) is 1.57. The Kier molecular flexibility index (Phi) is 8.30. The van der Waals surface area contributed by atoms with Gasteiger partial charge in [0.2, 0.25) is 5.91 Å². The monoisotopic (exact) mass is 430 g/mol. The van der Waals surface area contributed by atoms with Gasteiger partial charge in [0, 0.05) is 18.6 Å². The molecule has 0 spiro atoms. The number of nitrogens with one attached hydrogen (secondary N) is 1. The second-order valence-corrected chi connectivity index (χ2v) is 8.59. The molecule has 2 amide bonds. The van der Waals surface area contributed by atoms with Crippen molar-refractivity contribution in [3.8, 4) is 5.75 Å². The van der Waals surface area contributed by atoms with Gasteiger partial charge in [-0.15, -0.1) is 0 Å². The van der Waals surface area contributed by atoms with Crippen LogP contribution in [0.5, 0.6) is 5.75 Å². The van der Waals surface area contributed by atoms with Crippen LogP contribution in [0.4, 0.5) is 0 Å². The average molecular weight is 431 g/mol. The molecule has 1 atom stereocenters. The minimum absolute atomic E-state index is 0.120. The molecule has 2 aromatic carbocycles. The van der Waals surface area contributed by atoms with Gasteiger partial charge in [-0.1, -0.05) is 75.7 Å². The lowest BCUT2D eigenvalue weighted by molar-refractivity contribution is -0.142. The molecule has 0 saturated carbocycles. The van der Waals surface area contributed by atoms with Crippen molar-refractivity contribution < 1.29 is 14.3 Å². The van der Waals surface area contributed by atoms with Crippen LogP contribution in [0.15, 0.2) is 48.5 Å². The van der Waals surface area contributed by atoms with E-state index in [4.69, 9.17) is 16.3 Å². The number of para-hydroxylation sites is 1. The highest BCUT2D eigenvalue weighted by molar-refractivity contribution is 6.31. The molecule has 0 heterocycles. The van der Waals surface area contributed by atoms with E-state index in [0.717, 1.165) is 11.1 Å². The zero-order chi connectivity index (χ0) is 22.3. The molecule has 30 heavy (non-hydrogen) atoms. The second kappa shape index (κ2) is 10.5. The van der Waals surface area contributed by atoms with Crippen LogP contribution in [0.1, 0.15) is 45.2 Å². The molecular weight excluding hydrogens is 400 g/mol. The molecule has 162 valence electrons. The number of halogens is 1. The predicted octanol–water partition coefficient (Wildman–Crippen LogP) is 4.57. The summed E-state index contributed by atoms with van der Waals surface area (Å²) in [5.74, 6) is 0.186. The van der Waals surface area contributed by atoms with Gasteiger partial charge in [0.1, 0.15) is 11.8 Å². The Hall–Kier alpha value is -2.53. The number of carbonyl (C=O) groups excluding carboxylic acids is 2. The first-order chi connectivity index (χ1) is 14.2. The van der Waals surface area contributed by atoms with Crippen molar-refractivity contribution in [3.05, 3.63) is 64.7 Å². The number of likely N-dealkylation sites (N-methyl/N-ethyl adjacent to an activating group) is 1. The zero-order valence-corrected chi connectivity index (χ0v) is 19.1. The van der Waals surface area contributed by atoms with Crippen molar-refractivity contribution in [1.82, 2.24) is 10.2 Å². The fraction of sp³-hybridized carbons (Fsp3) is 0.417. The first kappa shape index (κ1) is 23.7. The second-order valence-electron chi connectivity index (χ2n) is 8.19. The molecule has 2 rings (SSSR count). The van der Waals surface area contributed by atoms with Crippen molar-refractivity contribution in [1.29, 1.82) is 0 Å². The van der Waals surface area contributed by atoms with E-state index >= 15 is 0 Å². The molecule has 6 heteroatoms. The van der Waals surface area contributed by atoms with Crippen LogP contribution in [0.2, 0.25) is 5.02 Å². The van der Waals surface area contributed by atoms with Crippen molar-refractivity contribution in [2.24, 2.45) is 0 Å². The van der Waals surface area contributed by atoms with E-state index in [9.17, 15) is 9.59 Å². The SMILES string of the molecule is CCC(C(=O)NC)N(Cc1ccccc1Cl)C(=O)COc1ccccc1C(C)(C)C. The Labute approximate surface area is 184 Å². The van der Waals surface area contributed by atoms with Crippen molar-refractivity contribution in [2.75, 3.05) is 13.7 Å². The van der Waals surface area contributed by atoms with Gasteiger partial charge in [0.05, 0.1) is 0 Å². The standard InChI is InChI=1S/C24H31ClN2O3/c1-6-20(23(29)26-5)27(15-17-11-7-9-13-19(17)25)22(28)16-30-21-14-10-8-12-18(21)24(2,3)4/h7-14,20H,6,15-16H2,1-5H3,(H,26,29). The third-order valence-electron chi connectivity index (χ3n) is 4.98. The van der Waals surface area contributed by atoms with Gasteiger partial charge >= 0.3 is 0 Å². The van der Waals surface area contributed by atoms with Crippen molar-refractivity contribution >= 4 is 23.4 Å². The smallest absolute Gasteiger partial charge is 0.261 e. The van der Waals surface area contributed by atoms with Gasteiger partial charge < -0.3 is 15.0 Å². The van der Waals surface area contributed by atoms with Crippen LogP contribution in [0.25, 0.3) is 0 Å². The van der Waals surface area contributed by atoms with Crippen LogP contribution in [-0.2, 0) is 21.5 Å². The number of rotatable bonds is 8. The third-order valence-corrected chi connectivity index (χ3v) is 5.35. The lowest BCUT2D eigenvalue weighted by atomic mass is 9.86. The summed E-state index contributed by atoms with van der Waals surface area (Å²) in [4.78, 5) is 27.2. The maximum absolute atomic E-state index is 13.2. The zero-order valence-electron chi connectivity index (χ0n) is 18.4. The summed E-state index contributed by atoms with van der Waals surface area (Å²) in [5, 5.41) is 3.20. The van der Waals surface area contributed by atoms with Crippen molar-refractivity contribution in [3.63, 3.8) is 0 Å². The van der Waals surface area contributed by atoms with Gasteiger partial charge in [-0.3, -0.25) is 9.59 Å².